The number of carbonyl (C=O) groups excluding carboxylic acids is 4. The van der Waals surface area contributed by atoms with E-state index in [1.54, 1.807) is 23.1 Å². The van der Waals surface area contributed by atoms with Crippen molar-refractivity contribution < 1.29 is 28.7 Å². The van der Waals surface area contributed by atoms with Gasteiger partial charge in [0.05, 0.1) is 13.0 Å². The van der Waals surface area contributed by atoms with E-state index in [9.17, 15) is 19.2 Å². The molecule has 2 rings (SSSR count). The zero-order chi connectivity index (χ0) is 19.8. The molecule has 0 atom stereocenters. The Morgan fingerprint density at radius 2 is 1.89 bits per heavy atom. The van der Waals surface area contributed by atoms with Crippen molar-refractivity contribution in [2.24, 2.45) is 5.92 Å². The van der Waals surface area contributed by atoms with Crippen LogP contribution in [0.1, 0.15) is 28.8 Å². The Balaban J connectivity index is 1.69. The summed E-state index contributed by atoms with van der Waals surface area (Å²) in [7, 11) is 1.34. The summed E-state index contributed by atoms with van der Waals surface area (Å²) in [5, 5.41) is 2.46. The van der Waals surface area contributed by atoms with E-state index in [2.05, 4.69) is 5.32 Å². The van der Waals surface area contributed by atoms with Gasteiger partial charge in [0.15, 0.2) is 6.61 Å². The van der Waals surface area contributed by atoms with Gasteiger partial charge in [-0.3, -0.25) is 19.2 Å². The third kappa shape index (κ3) is 6.09. The summed E-state index contributed by atoms with van der Waals surface area (Å²) in [6.45, 7) is 2.00. The van der Waals surface area contributed by atoms with Crippen LogP contribution in [0.4, 0.5) is 0 Å². The van der Waals surface area contributed by atoms with Gasteiger partial charge in [-0.05, 0) is 31.9 Å². The van der Waals surface area contributed by atoms with Gasteiger partial charge in [-0.15, -0.1) is 0 Å². The smallest absolute Gasteiger partial charge is 0.325 e. The average molecular weight is 376 g/mol. The van der Waals surface area contributed by atoms with Crippen LogP contribution in [0.2, 0.25) is 0 Å². The molecule has 1 aliphatic rings. The number of amides is 2. The van der Waals surface area contributed by atoms with Gasteiger partial charge in [-0.2, -0.15) is 0 Å². The van der Waals surface area contributed by atoms with Crippen LogP contribution < -0.4 is 5.32 Å². The SMILES string of the molecule is COC(=O)C1CCN(C(=O)COC(=O)CNC(=O)c2cccc(C)c2)CC1. The number of likely N-dealkylation sites (tertiary alicyclic amines) is 1. The van der Waals surface area contributed by atoms with Gasteiger partial charge >= 0.3 is 11.9 Å². The maximum Gasteiger partial charge on any atom is 0.325 e. The number of carbonyl (C=O) groups is 4. The highest BCUT2D eigenvalue weighted by Gasteiger charge is 2.28. The van der Waals surface area contributed by atoms with E-state index in [-0.39, 0.29) is 36.9 Å². The highest BCUT2D eigenvalue weighted by atomic mass is 16.5. The van der Waals surface area contributed by atoms with Crippen molar-refractivity contribution in [2.75, 3.05) is 33.4 Å². The monoisotopic (exact) mass is 376 g/mol. The molecule has 0 saturated carbocycles. The van der Waals surface area contributed by atoms with Crippen molar-refractivity contribution in [3.05, 3.63) is 35.4 Å². The van der Waals surface area contributed by atoms with Crippen LogP contribution in [0.15, 0.2) is 24.3 Å². The lowest BCUT2D eigenvalue weighted by molar-refractivity contribution is -0.153. The lowest BCUT2D eigenvalue weighted by Crippen LogP contribution is -2.42. The minimum Gasteiger partial charge on any atom is -0.469 e. The van der Waals surface area contributed by atoms with Crippen LogP contribution in [0.3, 0.4) is 0 Å². The zero-order valence-electron chi connectivity index (χ0n) is 15.5. The maximum absolute atomic E-state index is 12.1. The molecule has 8 heteroatoms. The summed E-state index contributed by atoms with van der Waals surface area (Å²) in [5.74, 6) is -1.85. The highest BCUT2D eigenvalue weighted by Crippen LogP contribution is 2.18. The average Bonchev–Trinajstić information content (AvgIpc) is 2.69. The van der Waals surface area contributed by atoms with Crippen molar-refractivity contribution in [1.82, 2.24) is 10.2 Å². The Bertz CT molecular complexity index is 710. The summed E-state index contributed by atoms with van der Waals surface area (Å²) in [6.07, 6.45) is 1.05. The molecule has 1 aromatic carbocycles. The molecule has 1 aromatic rings. The Kier molecular flexibility index (Phi) is 7.34. The standard InChI is InChI=1S/C19H24N2O6/c1-13-4-3-5-15(10-13)18(24)20-11-17(23)27-12-16(22)21-8-6-14(7-9-21)19(25)26-2/h3-5,10,14H,6-9,11-12H2,1-2H3,(H,20,24). The summed E-state index contributed by atoms with van der Waals surface area (Å²) in [4.78, 5) is 48.8. The van der Waals surface area contributed by atoms with Crippen molar-refractivity contribution in [3.8, 4) is 0 Å². The Hall–Kier alpha value is -2.90. The third-order valence-corrected chi connectivity index (χ3v) is 4.41. The predicted molar refractivity (Wildman–Crippen MR) is 95.8 cm³/mol. The molecule has 1 N–H and O–H groups in total. The fraction of sp³-hybridized carbons (Fsp3) is 0.474. The molecule has 0 unspecified atom stereocenters. The molecule has 1 aliphatic heterocycles. The second kappa shape index (κ2) is 9.70. The van der Waals surface area contributed by atoms with Gasteiger partial charge in [0.25, 0.3) is 11.8 Å². The minimum atomic E-state index is -0.686. The quantitative estimate of drug-likeness (QED) is 0.733. The number of ether oxygens (including phenoxy) is 2. The van der Waals surface area contributed by atoms with E-state index in [0.717, 1.165) is 5.56 Å². The Morgan fingerprint density at radius 1 is 1.19 bits per heavy atom. The normalized spacial score (nSPS) is 14.4. The van der Waals surface area contributed by atoms with Crippen molar-refractivity contribution in [3.63, 3.8) is 0 Å². The number of hydrogen-bond donors (Lipinski definition) is 1. The second-order valence-electron chi connectivity index (χ2n) is 6.39. The van der Waals surface area contributed by atoms with Crippen LogP contribution in [0.5, 0.6) is 0 Å². The van der Waals surface area contributed by atoms with Crippen LogP contribution in [0.25, 0.3) is 0 Å². The molecular weight excluding hydrogens is 352 g/mol. The summed E-state index contributed by atoms with van der Waals surface area (Å²) in [5.41, 5.74) is 1.39. The Labute approximate surface area is 157 Å². The number of nitrogens with one attached hydrogen (secondary N) is 1. The largest absolute Gasteiger partial charge is 0.469 e. The van der Waals surface area contributed by atoms with E-state index in [1.807, 2.05) is 13.0 Å². The molecule has 146 valence electrons. The number of benzene rings is 1. The number of aryl methyl sites for hydroxylation is 1. The van der Waals surface area contributed by atoms with Crippen molar-refractivity contribution in [1.29, 1.82) is 0 Å². The third-order valence-electron chi connectivity index (χ3n) is 4.41. The topological polar surface area (TPSA) is 102 Å². The molecule has 0 spiro atoms. The number of hydrogen-bond acceptors (Lipinski definition) is 6. The number of methoxy groups -OCH3 is 1. The van der Waals surface area contributed by atoms with Gasteiger partial charge in [-0.1, -0.05) is 17.7 Å². The highest BCUT2D eigenvalue weighted by molar-refractivity contribution is 5.96. The van der Waals surface area contributed by atoms with Crippen molar-refractivity contribution >= 4 is 23.8 Å². The van der Waals surface area contributed by atoms with E-state index in [1.165, 1.54) is 7.11 Å². The molecule has 1 saturated heterocycles. The molecule has 27 heavy (non-hydrogen) atoms. The minimum absolute atomic E-state index is 0.196. The number of piperidine rings is 1. The lowest BCUT2D eigenvalue weighted by atomic mass is 9.97. The van der Waals surface area contributed by atoms with Crippen LogP contribution in [-0.2, 0) is 23.9 Å². The first-order valence-electron chi connectivity index (χ1n) is 8.76. The molecule has 0 aliphatic carbocycles. The lowest BCUT2D eigenvalue weighted by Gasteiger charge is -2.30. The first kappa shape index (κ1) is 20.4. The molecule has 2 amide bonds. The van der Waals surface area contributed by atoms with Gasteiger partial charge in [0.1, 0.15) is 6.54 Å². The molecule has 0 bridgehead atoms. The fourth-order valence-corrected chi connectivity index (χ4v) is 2.86. The van der Waals surface area contributed by atoms with E-state index >= 15 is 0 Å². The van der Waals surface area contributed by atoms with E-state index in [4.69, 9.17) is 9.47 Å². The van der Waals surface area contributed by atoms with Gasteiger partial charge in [0, 0.05) is 18.7 Å². The van der Waals surface area contributed by atoms with Gasteiger partial charge in [-0.25, -0.2) is 0 Å². The first-order chi connectivity index (χ1) is 12.9. The zero-order valence-corrected chi connectivity index (χ0v) is 15.5. The molecule has 0 aromatic heterocycles. The molecule has 8 nitrogen and oxygen atoms in total. The van der Waals surface area contributed by atoms with Gasteiger partial charge < -0.3 is 19.7 Å². The molecular formula is C19H24N2O6. The van der Waals surface area contributed by atoms with Crippen molar-refractivity contribution in [2.45, 2.75) is 19.8 Å². The molecule has 1 heterocycles. The van der Waals surface area contributed by atoms with Crippen LogP contribution in [-0.4, -0.2) is 62.0 Å². The number of rotatable bonds is 6. The number of nitrogens with zero attached hydrogens (tertiary/aromatic N) is 1. The summed E-state index contributed by atoms with van der Waals surface area (Å²) in [6, 6.07) is 6.98. The van der Waals surface area contributed by atoms with Gasteiger partial charge in [0.2, 0.25) is 0 Å². The molecule has 1 fully saturated rings. The van der Waals surface area contributed by atoms with Crippen LogP contribution >= 0.6 is 0 Å². The first-order valence-corrected chi connectivity index (χ1v) is 8.76. The number of esters is 2. The second-order valence-corrected chi connectivity index (χ2v) is 6.39. The van der Waals surface area contributed by atoms with E-state index in [0.29, 0.717) is 31.5 Å². The Morgan fingerprint density at radius 3 is 2.52 bits per heavy atom. The predicted octanol–water partition coefficient (Wildman–Crippen LogP) is 0.680. The van der Waals surface area contributed by atoms with Crippen LogP contribution in [0, 0.1) is 12.8 Å². The fourth-order valence-electron chi connectivity index (χ4n) is 2.86. The molecule has 0 radical (unpaired) electrons. The summed E-state index contributed by atoms with van der Waals surface area (Å²) < 4.78 is 9.63. The van der Waals surface area contributed by atoms with E-state index < -0.39 is 5.97 Å². The maximum atomic E-state index is 12.1. The summed E-state index contributed by atoms with van der Waals surface area (Å²) >= 11 is 0.